The first kappa shape index (κ1) is 21.9. The van der Waals surface area contributed by atoms with Crippen molar-refractivity contribution in [1.82, 2.24) is 19.8 Å². The highest BCUT2D eigenvalue weighted by Crippen LogP contribution is 2.22. The summed E-state index contributed by atoms with van der Waals surface area (Å²) in [6.07, 6.45) is 1.70. The van der Waals surface area contributed by atoms with Crippen LogP contribution < -0.4 is 5.32 Å². The van der Waals surface area contributed by atoms with E-state index in [0.717, 1.165) is 16.9 Å². The van der Waals surface area contributed by atoms with Crippen molar-refractivity contribution in [2.24, 2.45) is 0 Å². The molecule has 0 aliphatic carbocycles. The second-order valence-corrected chi connectivity index (χ2v) is 8.18. The molecule has 0 radical (unpaired) electrons. The Morgan fingerprint density at radius 2 is 1.66 bits per heavy atom. The van der Waals surface area contributed by atoms with Crippen molar-refractivity contribution in [2.75, 3.05) is 38.0 Å². The van der Waals surface area contributed by atoms with Crippen LogP contribution in [-0.2, 0) is 4.79 Å². The predicted molar refractivity (Wildman–Crippen MR) is 125 cm³/mol. The monoisotopic (exact) mass is 449 g/mol. The lowest BCUT2D eigenvalue weighted by molar-refractivity contribution is -0.118. The molecule has 0 unspecified atom stereocenters. The average molecular weight is 450 g/mol. The maximum atomic E-state index is 12.8. The van der Waals surface area contributed by atoms with Gasteiger partial charge in [0, 0.05) is 54.2 Å². The van der Waals surface area contributed by atoms with Crippen molar-refractivity contribution in [3.63, 3.8) is 0 Å². The third-order valence-corrected chi connectivity index (χ3v) is 5.54. The van der Waals surface area contributed by atoms with Gasteiger partial charge in [-0.1, -0.05) is 23.7 Å². The Bertz CT molecular complexity index is 1090. The molecule has 8 heteroatoms. The van der Waals surface area contributed by atoms with E-state index < -0.39 is 0 Å². The van der Waals surface area contributed by atoms with Crippen LogP contribution in [0.4, 0.5) is 11.6 Å². The van der Waals surface area contributed by atoms with Crippen LogP contribution in [0.15, 0.2) is 60.8 Å². The molecule has 32 heavy (non-hydrogen) atoms. The Labute approximate surface area is 192 Å². The lowest BCUT2D eigenvalue weighted by Crippen LogP contribution is -2.49. The largest absolute Gasteiger partial charge is 0.336 e. The molecule has 0 atom stereocenters. The Kier molecular flexibility index (Phi) is 6.78. The predicted octanol–water partition coefficient (Wildman–Crippen LogP) is 3.89. The summed E-state index contributed by atoms with van der Waals surface area (Å²) in [7, 11) is 0. The van der Waals surface area contributed by atoms with Gasteiger partial charge in [0.2, 0.25) is 5.95 Å². The van der Waals surface area contributed by atoms with Crippen LogP contribution in [0.2, 0.25) is 5.02 Å². The minimum Gasteiger partial charge on any atom is -0.336 e. The van der Waals surface area contributed by atoms with Gasteiger partial charge < -0.3 is 10.2 Å². The zero-order valence-electron chi connectivity index (χ0n) is 17.8. The molecule has 2 heterocycles. The van der Waals surface area contributed by atoms with Crippen molar-refractivity contribution in [3.8, 4) is 11.3 Å². The standard InChI is InChI=1S/C24H24ClN5O2/c1-17(31)16-29-12-14-30(15-13-29)23(32)19-4-8-21(9-5-19)27-24-26-11-10-22(28-24)18-2-6-20(25)7-3-18/h2-11H,12-16H2,1H3,(H,26,27,28). The first-order valence-electron chi connectivity index (χ1n) is 10.4. The molecule has 0 spiro atoms. The maximum Gasteiger partial charge on any atom is 0.253 e. The lowest BCUT2D eigenvalue weighted by Gasteiger charge is -2.34. The molecule has 1 fully saturated rings. The van der Waals surface area contributed by atoms with Gasteiger partial charge in [-0.2, -0.15) is 0 Å². The molecule has 1 aromatic heterocycles. The van der Waals surface area contributed by atoms with Crippen LogP contribution in [0, 0.1) is 0 Å². The van der Waals surface area contributed by atoms with Crippen molar-refractivity contribution in [3.05, 3.63) is 71.4 Å². The number of anilines is 2. The number of aromatic nitrogens is 2. The quantitative estimate of drug-likeness (QED) is 0.615. The van der Waals surface area contributed by atoms with Crippen LogP contribution in [0.3, 0.4) is 0 Å². The molecule has 4 rings (SSSR count). The summed E-state index contributed by atoms with van der Waals surface area (Å²) in [5.41, 5.74) is 3.16. The minimum atomic E-state index is 0.00000996. The van der Waals surface area contributed by atoms with E-state index in [2.05, 4.69) is 20.2 Å². The number of carbonyl (C=O) groups excluding carboxylic acids is 2. The molecule has 7 nitrogen and oxygen atoms in total. The summed E-state index contributed by atoms with van der Waals surface area (Å²) >= 11 is 5.96. The number of hydrogen-bond acceptors (Lipinski definition) is 6. The van der Waals surface area contributed by atoms with E-state index in [9.17, 15) is 9.59 Å². The summed E-state index contributed by atoms with van der Waals surface area (Å²) in [5.74, 6) is 0.619. The van der Waals surface area contributed by atoms with Gasteiger partial charge >= 0.3 is 0 Å². The van der Waals surface area contributed by atoms with Gasteiger partial charge in [-0.25, -0.2) is 9.97 Å². The summed E-state index contributed by atoms with van der Waals surface area (Å²) in [5, 5.41) is 3.86. The first-order chi connectivity index (χ1) is 15.5. The molecule has 1 aliphatic rings. The average Bonchev–Trinajstić information content (AvgIpc) is 2.80. The number of rotatable bonds is 6. The molecular formula is C24H24ClN5O2. The van der Waals surface area contributed by atoms with Gasteiger partial charge in [0.25, 0.3) is 5.91 Å². The number of Topliss-reactive ketones (excluding diaryl/α,β-unsaturated/α-hetero) is 1. The van der Waals surface area contributed by atoms with E-state index in [1.807, 2.05) is 47.4 Å². The van der Waals surface area contributed by atoms with Crippen LogP contribution in [0.5, 0.6) is 0 Å². The molecule has 2 aromatic carbocycles. The zero-order chi connectivity index (χ0) is 22.5. The molecule has 1 amide bonds. The van der Waals surface area contributed by atoms with E-state index in [4.69, 9.17) is 11.6 Å². The van der Waals surface area contributed by atoms with E-state index in [1.54, 1.807) is 25.3 Å². The number of hydrogen-bond donors (Lipinski definition) is 1. The molecular weight excluding hydrogens is 426 g/mol. The molecule has 1 saturated heterocycles. The highest BCUT2D eigenvalue weighted by Gasteiger charge is 2.22. The lowest BCUT2D eigenvalue weighted by atomic mass is 10.1. The van der Waals surface area contributed by atoms with E-state index in [1.165, 1.54) is 0 Å². The first-order valence-corrected chi connectivity index (χ1v) is 10.8. The second kappa shape index (κ2) is 9.89. The minimum absolute atomic E-state index is 0.00000996. The number of halogens is 1. The van der Waals surface area contributed by atoms with Gasteiger partial charge in [0.15, 0.2) is 0 Å². The van der Waals surface area contributed by atoms with Gasteiger partial charge in [-0.05, 0) is 49.4 Å². The van der Waals surface area contributed by atoms with Crippen LogP contribution in [0.25, 0.3) is 11.3 Å². The third kappa shape index (κ3) is 5.49. The van der Waals surface area contributed by atoms with Crippen molar-refractivity contribution >= 4 is 34.9 Å². The number of nitrogens with one attached hydrogen (secondary N) is 1. The van der Waals surface area contributed by atoms with Gasteiger partial charge in [0.05, 0.1) is 12.2 Å². The summed E-state index contributed by atoms with van der Waals surface area (Å²) in [4.78, 5) is 36.8. The third-order valence-electron chi connectivity index (χ3n) is 5.29. The normalized spacial score (nSPS) is 14.2. The van der Waals surface area contributed by atoms with Crippen molar-refractivity contribution in [1.29, 1.82) is 0 Å². The number of ketones is 1. The van der Waals surface area contributed by atoms with Gasteiger partial charge in [0.1, 0.15) is 5.78 Å². The van der Waals surface area contributed by atoms with Crippen LogP contribution >= 0.6 is 11.6 Å². The Morgan fingerprint density at radius 1 is 0.969 bits per heavy atom. The zero-order valence-corrected chi connectivity index (χ0v) is 18.5. The molecule has 3 aromatic rings. The Morgan fingerprint density at radius 3 is 2.31 bits per heavy atom. The summed E-state index contributed by atoms with van der Waals surface area (Å²) < 4.78 is 0. The highest BCUT2D eigenvalue weighted by molar-refractivity contribution is 6.30. The molecule has 1 N–H and O–H groups in total. The smallest absolute Gasteiger partial charge is 0.253 e. The highest BCUT2D eigenvalue weighted by atomic mass is 35.5. The second-order valence-electron chi connectivity index (χ2n) is 7.75. The van der Waals surface area contributed by atoms with Crippen molar-refractivity contribution < 1.29 is 9.59 Å². The van der Waals surface area contributed by atoms with Crippen LogP contribution in [0.1, 0.15) is 17.3 Å². The Hall–Kier alpha value is -3.29. The summed E-state index contributed by atoms with van der Waals surface area (Å²) in [6.45, 7) is 4.71. The number of nitrogens with zero attached hydrogens (tertiary/aromatic N) is 4. The van der Waals surface area contributed by atoms with Crippen molar-refractivity contribution in [2.45, 2.75) is 6.92 Å². The van der Waals surface area contributed by atoms with E-state index in [-0.39, 0.29) is 11.7 Å². The number of carbonyl (C=O) groups is 2. The SMILES string of the molecule is CC(=O)CN1CCN(C(=O)c2ccc(Nc3nccc(-c4ccc(Cl)cc4)n3)cc2)CC1. The fourth-order valence-corrected chi connectivity index (χ4v) is 3.76. The van der Waals surface area contributed by atoms with Gasteiger partial charge in [-0.15, -0.1) is 0 Å². The van der Waals surface area contributed by atoms with Crippen LogP contribution in [-0.4, -0.2) is 64.2 Å². The topological polar surface area (TPSA) is 78.4 Å². The van der Waals surface area contributed by atoms with E-state index in [0.29, 0.717) is 49.3 Å². The molecule has 0 bridgehead atoms. The summed E-state index contributed by atoms with van der Waals surface area (Å²) in [6, 6.07) is 16.6. The fraction of sp³-hybridized carbons (Fsp3) is 0.250. The maximum absolute atomic E-state index is 12.8. The molecule has 164 valence electrons. The van der Waals surface area contributed by atoms with E-state index >= 15 is 0 Å². The van der Waals surface area contributed by atoms with Gasteiger partial charge in [-0.3, -0.25) is 14.5 Å². The fourth-order valence-electron chi connectivity index (χ4n) is 3.63. The molecule has 0 saturated carbocycles. The number of benzene rings is 2. The number of piperazine rings is 1. The number of amides is 1. The molecule has 1 aliphatic heterocycles. The Balaban J connectivity index is 1.38.